The van der Waals surface area contributed by atoms with Crippen LogP contribution in [-0.2, 0) is 6.54 Å². The first-order valence-electron chi connectivity index (χ1n) is 3.53. The van der Waals surface area contributed by atoms with Crippen LogP contribution in [0.4, 0.5) is 0 Å². The van der Waals surface area contributed by atoms with Gasteiger partial charge in [-0.1, -0.05) is 17.7 Å². The Labute approximate surface area is 89.6 Å². The number of halogens is 2. The second kappa shape index (κ2) is 5.75. The van der Waals surface area contributed by atoms with Gasteiger partial charge in [-0.2, -0.15) is 0 Å². The maximum atomic E-state index is 5.36. The van der Waals surface area contributed by atoms with Gasteiger partial charge in [0.2, 0.25) is 0 Å². The summed E-state index contributed by atoms with van der Waals surface area (Å²) in [6.45, 7) is 1.72. The van der Waals surface area contributed by atoms with E-state index in [-0.39, 0.29) is 0 Å². The lowest BCUT2D eigenvalue weighted by atomic mass is 10.4. The van der Waals surface area contributed by atoms with Gasteiger partial charge in [0.25, 0.3) is 0 Å². The van der Waals surface area contributed by atoms with Crippen LogP contribution in [0.25, 0.3) is 0 Å². The number of thiophene rings is 1. The van der Waals surface area contributed by atoms with Crippen molar-refractivity contribution in [1.82, 2.24) is 5.32 Å². The van der Waals surface area contributed by atoms with Gasteiger partial charge < -0.3 is 5.32 Å². The van der Waals surface area contributed by atoms with Crippen LogP contribution in [-0.4, -0.2) is 6.54 Å². The van der Waals surface area contributed by atoms with Crippen molar-refractivity contribution < 1.29 is 0 Å². The van der Waals surface area contributed by atoms with Crippen LogP contribution in [0.3, 0.4) is 0 Å². The van der Waals surface area contributed by atoms with Gasteiger partial charge in [0.15, 0.2) is 0 Å². The molecule has 4 heteroatoms. The second-order valence-corrected chi connectivity index (χ2v) is 5.00. The summed E-state index contributed by atoms with van der Waals surface area (Å²) in [5.74, 6) is 0. The molecule has 1 heterocycles. The fraction of sp³-hybridized carbons (Fsp3) is 0.250. The van der Waals surface area contributed by atoms with E-state index in [9.17, 15) is 0 Å². The smallest absolute Gasteiger partial charge is 0.0701 e. The van der Waals surface area contributed by atoms with Crippen molar-refractivity contribution in [3.05, 3.63) is 32.4 Å². The van der Waals surface area contributed by atoms with E-state index in [0.29, 0.717) is 0 Å². The van der Waals surface area contributed by atoms with E-state index < -0.39 is 0 Å². The zero-order chi connectivity index (χ0) is 8.81. The Morgan fingerprint density at radius 1 is 1.58 bits per heavy atom. The lowest BCUT2D eigenvalue weighted by molar-refractivity contribution is 0.770. The molecule has 0 amide bonds. The molecule has 0 bridgehead atoms. The van der Waals surface area contributed by atoms with Crippen molar-refractivity contribution >= 4 is 38.9 Å². The van der Waals surface area contributed by atoms with Crippen LogP contribution in [0.2, 0.25) is 0 Å². The van der Waals surface area contributed by atoms with Gasteiger partial charge in [-0.05, 0) is 28.1 Å². The lowest BCUT2D eigenvalue weighted by Gasteiger charge is -1.96. The molecule has 0 aliphatic carbocycles. The molecular formula is C8H9BrClNS. The molecule has 1 N–H and O–H groups in total. The van der Waals surface area contributed by atoms with Crippen LogP contribution >= 0.6 is 38.9 Å². The molecule has 0 aliphatic heterocycles. The lowest BCUT2D eigenvalue weighted by Crippen LogP contribution is -2.11. The molecule has 0 atom stereocenters. The minimum absolute atomic E-state index is 0.818. The van der Waals surface area contributed by atoms with Crippen molar-refractivity contribution in [3.8, 4) is 0 Å². The van der Waals surface area contributed by atoms with E-state index in [1.165, 1.54) is 14.2 Å². The van der Waals surface area contributed by atoms with Crippen LogP contribution in [0.5, 0.6) is 0 Å². The van der Waals surface area contributed by atoms with Crippen LogP contribution in [0.1, 0.15) is 4.88 Å². The first-order valence-corrected chi connectivity index (χ1v) is 5.57. The van der Waals surface area contributed by atoms with Crippen molar-refractivity contribution in [2.24, 2.45) is 0 Å². The van der Waals surface area contributed by atoms with Gasteiger partial charge >= 0.3 is 0 Å². The molecule has 1 aromatic rings. The summed E-state index contributed by atoms with van der Waals surface area (Å²) >= 11 is 10.5. The zero-order valence-electron chi connectivity index (χ0n) is 6.39. The first-order chi connectivity index (χ1) is 5.83. The van der Waals surface area contributed by atoms with Gasteiger partial charge in [0.05, 0.1) is 3.79 Å². The van der Waals surface area contributed by atoms with E-state index in [1.54, 1.807) is 11.3 Å². The second-order valence-electron chi connectivity index (χ2n) is 2.20. The molecule has 0 saturated heterocycles. The van der Waals surface area contributed by atoms with Crippen molar-refractivity contribution in [2.75, 3.05) is 6.54 Å². The molecule has 0 radical (unpaired) electrons. The van der Waals surface area contributed by atoms with E-state index in [1.807, 2.05) is 6.08 Å². The van der Waals surface area contributed by atoms with Gasteiger partial charge in [0, 0.05) is 23.5 Å². The molecule has 0 aromatic carbocycles. The predicted octanol–water partition coefficient (Wildman–Crippen LogP) is 3.35. The first kappa shape index (κ1) is 10.3. The molecule has 1 aromatic heterocycles. The predicted molar refractivity (Wildman–Crippen MR) is 58.7 cm³/mol. The van der Waals surface area contributed by atoms with Gasteiger partial charge in [-0.15, -0.1) is 11.3 Å². The highest BCUT2D eigenvalue weighted by molar-refractivity contribution is 9.11. The number of hydrogen-bond donors (Lipinski definition) is 1. The fourth-order valence-corrected chi connectivity index (χ4v) is 2.31. The number of hydrogen-bond acceptors (Lipinski definition) is 2. The maximum Gasteiger partial charge on any atom is 0.0701 e. The van der Waals surface area contributed by atoms with E-state index in [0.717, 1.165) is 13.1 Å². The summed E-state index contributed by atoms with van der Waals surface area (Å²) in [6, 6.07) is 4.16. The monoisotopic (exact) mass is 265 g/mol. The van der Waals surface area contributed by atoms with E-state index in [4.69, 9.17) is 11.6 Å². The Hall–Kier alpha value is 0.170. The van der Waals surface area contributed by atoms with Crippen LogP contribution in [0, 0.1) is 0 Å². The molecule has 0 unspecified atom stereocenters. The Kier molecular flexibility index (Phi) is 4.92. The van der Waals surface area contributed by atoms with Crippen molar-refractivity contribution in [2.45, 2.75) is 6.54 Å². The van der Waals surface area contributed by atoms with Crippen molar-refractivity contribution in [3.63, 3.8) is 0 Å². The minimum Gasteiger partial charge on any atom is -0.308 e. The highest BCUT2D eigenvalue weighted by Crippen LogP contribution is 2.21. The Morgan fingerprint density at radius 3 is 3.00 bits per heavy atom. The topological polar surface area (TPSA) is 12.0 Å². The third kappa shape index (κ3) is 3.72. The highest BCUT2D eigenvalue weighted by Gasteiger charge is 1.94. The summed E-state index contributed by atoms with van der Waals surface area (Å²) in [4.78, 5) is 1.32. The summed E-state index contributed by atoms with van der Waals surface area (Å²) in [6.07, 6.45) is 1.88. The molecule has 0 saturated carbocycles. The molecule has 0 aliphatic rings. The Balaban J connectivity index is 2.24. The average Bonchev–Trinajstić information content (AvgIpc) is 2.45. The molecule has 0 spiro atoms. The SMILES string of the molecule is Cl/C=C/CNCc1ccc(Br)s1. The number of nitrogens with one attached hydrogen (secondary N) is 1. The summed E-state index contributed by atoms with van der Waals surface area (Å²) < 4.78 is 1.17. The zero-order valence-corrected chi connectivity index (χ0v) is 9.55. The summed E-state index contributed by atoms with van der Waals surface area (Å²) in [7, 11) is 0. The minimum atomic E-state index is 0.818. The van der Waals surface area contributed by atoms with Crippen LogP contribution < -0.4 is 5.32 Å². The maximum absolute atomic E-state index is 5.36. The molecular weight excluding hydrogens is 258 g/mol. The number of rotatable bonds is 4. The molecule has 1 nitrogen and oxygen atoms in total. The molecule has 12 heavy (non-hydrogen) atoms. The van der Waals surface area contributed by atoms with E-state index in [2.05, 4.69) is 33.4 Å². The van der Waals surface area contributed by atoms with Gasteiger partial charge in [0.1, 0.15) is 0 Å². The standard InChI is InChI=1S/C8H9BrClNS/c9-8-3-2-7(12-8)6-11-5-1-4-10/h1-4,11H,5-6H2/b4-1+. The van der Waals surface area contributed by atoms with Crippen LogP contribution in [0.15, 0.2) is 27.5 Å². The Bertz CT molecular complexity index is 259. The van der Waals surface area contributed by atoms with E-state index >= 15 is 0 Å². The average molecular weight is 267 g/mol. The molecule has 66 valence electrons. The molecule has 0 fully saturated rings. The largest absolute Gasteiger partial charge is 0.308 e. The summed E-state index contributed by atoms with van der Waals surface area (Å²) in [5.41, 5.74) is 1.53. The third-order valence-corrected chi connectivity index (χ3v) is 3.08. The van der Waals surface area contributed by atoms with Crippen molar-refractivity contribution in [1.29, 1.82) is 0 Å². The Morgan fingerprint density at radius 2 is 2.42 bits per heavy atom. The van der Waals surface area contributed by atoms with Gasteiger partial charge in [-0.3, -0.25) is 0 Å². The highest BCUT2D eigenvalue weighted by atomic mass is 79.9. The van der Waals surface area contributed by atoms with Gasteiger partial charge in [-0.25, -0.2) is 0 Å². The quantitative estimate of drug-likeness (QED) is 0.824. The summed E-state index contributed by atoms with van der Waals surface area (Å²) in [5, 5.41) is 3.23. The molecule has 1 rings (SSSR count). The fourth-order valence-electron chi connectivity index (χ4n) is 0.770. The third-order valence-electron chi connectivity index (χ3n) is 1.28. The normalized spacial score (nSPS) is 11.2.